The predicted octanol–water partition coefficient (Wildman–Crippen LogP) is -0.804. The molecule has 0 fully saturated rings. The molecule has 1 aromatic carbocycles. The van der Waals surface area contributed by atoms with Crippen molar-refractivity contribution in [3.05, 3.63) is 35.9 Å². The van der Waals surface area contributed by atoms with Gasteiger partial charge in [-0.2, -0.15) is 0 Å². The van der Waals surface area contributed by atoms with Gasteiger partial charge in [0, 0.05) is 6.54 Å². The largest absolute Gasteiger partial charge is 0.445 e. The lowest BCUT2D eigenvalue weighted by molar-refractivity contribution is -0.135. The summed E-state index contributed by atoms with van der Waals surface area (Å²) in [5.41, 5.74) is 0.804. The monoisotopic (exact) mass is 283 g/mol. The lowest BCUT2D eigenvalue weighted by Gasteiger charge is -2.16. The Bertz CT molecular complexity index is 436. The minimum atomic E-state index is -1.74. The van der Waals surface area contributed by atoms with Crippen molar-refractivity contribution in [1.82, 2.24) is 5.32 Å². The van der Waals surface area contributed by atoms with Crippen LogP contribution in [0.4, 0.5) is 4.79 Å². The number of carbonyl (C=O) groups excluding carboxylic acids is 2. The SMILES string of the molecule is O=C(NC[C@H](O)[C@@H](O)C(=O)CO)OCc1ccccc1. The molecule has 0 bridgehead atoms. The average Bonchev–Trinajstić information content (AvgIpc) is 2.49. The molecule has 2 atom stereocenters. The maximum Gasteiger partial charge on any atom is 0.407 e. The molecule has 0 saturated carbocycles. The molecule has 0 aliphatic heterocycles. The lowest BCUT2D eigenvalue weighted by atomic mass is 10.1. The standard InChI is InChI=1S/C13H17NO6/c15-7-11(17)12(18)10(16)6-14-13(19)20-8-9-4-2-1-3-5-9/h1-5,10,12,15-16,18H,6-8H2,(H,14,19)/t10-,12+/m0/s1. The van der Waals surface area contributed by atoms with Crippen molar-refractivity contribution in [1.29, 1.82) is 0 Å². The first kappa shape index (κ1) is 16.1. The van der Waals surface area contributed by atoms with E-state index in [0.29, 0.717) is 0 Å². The minimum absolute atomic E-state index is 0.0703. The highest BCUT2D eigenvalue weighted by molar-refractivity contribution is 5.84. The molecule has 1 aromatic rings. The molecular weight excluding hydrogens is 266 g/mol. The van der Waals surface area contributed by atoms with Crippen molar-refractivity contribution in [3.8, 4) is 0 Å². The fraction of sp³-hybridized carbons (Fsp3) is 0.385. The van der Waals surface area contributed by atoms with Gasteiger partial charge >= 0.3 is 6.09 Å². The molecule has 7 heteroatoms. The van der Waals surface area contributed by atoms with E-state index in [0.717, 1.165) is 5.56 Å². The number of aliphatic hydroxyl groups excluding tert-OH is 3. The third-order valence-electron chi connectivity index (χ3n) is 2.52. The van der Waals surface area contributed by atoms with E-state index in [1.807, 2.05) is 6.07 Å². The number of amides is 1. The van der Waals surface area contributed by atoms with Crippen molar-refractivity contribution < 1.29 is 29.6 Å². The molecule has 0 spiro atoms. The van der Waals surface area contributed by atoms with Gasteiger partial charge in [-0.1, -0.05) is 30.3 Å². The van der Waals surface area contributed by atoms with E-state index in [-0.39, 0.29) is 13.2 Å². The van der Waals surface area contributed by atoms with Gasteiger partial charge in [0.25, 0.3) is 0 Å². The Balaban J connectivity index is 2.28. The first-order chi connectivity index (χ1) is 9.54. The number of ether oxygens (including phenoxy) is 1. The first-order valence-corrected chi connectivity index (χ1v) is 5.99. The number of rotatable bonds is 7. The van der Waals surface area contributed by atoms with Crippen LogP contribution in [0.1, 0.15) is 5.56 Å². The summed E-state index contributed by atoms with van der Waals surface area (Å²) in [6, 6.07) is 9.01. The number of hydrogen-bond donors (Lipinski definition) is 4. The molecule has 0 saturated heterocycles. The Kier molecular flexibility index (Phi) is 6.65. The van der Waals surface area contributed by atoms with Crippen LogP contribution < -0.4 is 5.32 Å². The van der Waals surface area contributed by atoms with Gasteiger partial charge in [0.05, 0.1) is 0 Å². The van der Waals surface area contributed by atoms with Crippen LogP contribution in [-0.4, -0.2) is 52.6 Å². The summed E-state index contributed by atoms with van der Waals surface area (Å²) in [6.45, 7) is -1.17. The topological polar surface area (TPSA) is 116 Å². The molecule has 0 unspecified atom stereocenters. The Morgan fingerprint density at radius 1 is 1.20 bits per heavy atom. The number of alkyl carbamates (subject to hydrolysis) is 1. The molecule has 0 aromatic heterocycles. The van der Waals surface area contributed by atoms with E-state index in [1.54, 1.807) is 24.3 Å². The van der Waals surface area contributed by atoms with Crippen LogP contribution >= 0.6 is 0 Å². The summed E-state index contributed by atoms with van der Waals surface area (Å²) in [6.07, 6.45) is -4.02. The fourth-order valence-corrected chi connectivity index (χ4v) is 1.38. The van der Waals surface area contributed by atoms with E-state index in [9.17, 15) is 19.8 Å². The predicted molar refractivity (Wildman–Crippen MR) is 68.7 cm³/mol. The molecular formula is C13H17NO6. The third-order valence-corrected chi connectivity index (χ3v) is 2.52. The second kappa shape index (κ2) is 8.26. The van der Waals surface area contributed by atoms with Gasteiger partial charge in [-0.25, -0.2) is 4.79 Å². The van der Waals surface area contributed by atoms with Crippen molar-refractivity contribution in [2.75, 3.05) is 13.2 Å². The number of aliphatic hydroxyl groups is 3. The highest BCUT2D eigenvalue weighted by Crippen LogP contribution is 2.00. The van der Waals surface area contributed by atoms with Crippen LogP contribution in [-0.2, 0) is 16.1 Å². The molecule has 0 aliphatic carbocycles. The quantitative estimate of drug-likeness (QED) is 0.520. The molecule has 1 rings (SSSR count). The van der Waals surface area contributed by atoms with Gasteiger partial charge in [-0.15, -0.1) is 0 Å². The molecule has 20 heavy (non-hydrogen) atoms. The van der Waals surface area contributed by atoms with Gasteiger partial charge in [-0.05, 0) is 5.56 Å². The second-order valence-corrected chi connectivity index (χ2v) is 4.08. The van der Waals surface area contributed by atoms with Gasteiger partial charge in [0.2, 0.25) is 0 Å². The number of nitrogens with one attached hydrogen (secondary N) is 1. The van der Waals surface area contributed by atoms with Crippen molar-refractivity contribution in [3.63, 3.8) is 0 Å². The number of ketones is 1. The zero-order valence-corrected chi connectivity index (χ0v) is 10.7. The van der Waals surface area contributed by atoms with Crippen LogP contribution in [0.5, 0.6) is 0 Å². The van der Waals surface area contributed by atoms with Crippen LogP contribution in [0.2, 0.25) is 0 Å². The summed E-state index contributed by atoms with van der Waals surface area (Å²) in [4.78, 5) is 22.2. The van der Waals surface area contributed by atoms with Crippen LogP contribution in [0.15, 0.2) is 30.3 Å². The highest BCUT2D eigenvalue weighted by Gasteiger charge is 2.23. The molecule has 110 valence electrons. The Labute approximate surface area is 115 Å². The number of benzene rings is 1. The molecule has 7 nitrogen and oxygen atoms in total. The van der Waals surface area contributed by atoms with E-state index < -0.39 is 30.7 Å². The molecule has 1 amide bonds. The molecule has 0 aliphatic rings. The van der Waals surface area contributed by atoms with E-state index >= 15 is 0 Å². The summed E-state index contributed by atoms with van der Waals surface area (Å²) < 4.78 is 4.87. The smallest absolute Gasteiger partial charge is 0.407 e. The highest BCUT2D eigenvalue weighted by atomic mass is 16.5. The maximum absolute atomic E-state index is 11.3. The zero-order chi connectivity index (χ0) is 15.0. The Hall–Kier alpha value is -1.96. The summed E-state index contributed by atoms with van der Waals surface area (Å²) >= 11 is 0. The Morgan fingerprint density at radius 3 is 2.45 bits per heavy atom. The lowest BCUT2D eigenvalue weighted by Crippen LogP contribution is -2.43. The molecule has 0 radical (unpaired) electrons. The van der Waals surface area contributed by atoms with Gasteiger partial charge in [0.1, 0.15) is 25.4 Å². The third kappa shape index (κ3) is 5.35. The summed E-state index contributed by atoms with van der Waals surface area (Å²) in [7, 11) is 0. The van der Waals surface area contributed by atoms with Crippen LogP contribution in [0.3, 0.4) is 0 Å². The van der Waals surface area contributed by atoms with Gasteiger partial charge in [0.15, 0.2) is 5.78 Å². The minimum Gasteiger partial charge on any atom is -0.445 e. The van der Waals surface area contributed by atoms with Gasteiger partial charge < -0.3 is 25.4 Å². The average molecular weight is 283 g/mol. The zero-order valence-electron chi connectivity index (χ0n) is 10.7. The molecule has 4 N–H and O–H groups in total. The van der Waals surface area contributed by atoms with Crippen molar-refractivity contribution in [2.24, 2.45) is 0 Å². The number of hydrogen-bond acceptors (Lipinski definition) is 6. The number of Topliss-reactive ketones (excluding diaryl/α,β-unsaturated/α-hetero) is 1. The first-order valence-electron chi connectivity index (χ1n) is 5.99. The van der Waals surface area contributed by atoms with Gasteiger partial charge in [-0.3, -0.25) is 4.79 Å². The van der Waals surface area contributed by atoms with E-state index in [1.165, 1.54) is 0 Å². The van der Waals surface area contributed by atoms with E-state index in [4.69, 9.17) is 9.84 Å². The fourth-order valence-electron chi connectivity index (χ4n) is 1.38. The maximum atomic E-state index is 11.3. The second-order valence-electron chi connectivity index (χ2n) is 4.08. The van der Waals surface area contributed by atoms with E-state index in [2.05, 4.69) is 5.32 Å². The normalized spacial score (nSPS) is 13.3. The Morgan fingerprint density at radius 2 is 1.85 bits per heavy atom. The van der Waals surface area contributed by atoms with Crippen LogP contribution in [0, 0.1) is 0 Å². The summed E-state index contributed by atoms with van der Waals surface area (Å²) in [5, 5.41) is 29.4. The molecule has 0 heterocycles. The van der Waals surface area contributed by atoms with Crippen molar-refractivity contribution >= 4 is 11.9 Å². The summed E-state index contributed by atoms with van der Waals surface area (Å²) in [5.74, 6) is -0.919. The number of carbonyl (C=O) groups is 2. The van der Waals surface area contributed by atoms with Crippen LogP contribution in [0.25, 0.3) is 0 Å². The van der Waals surface area contributed by atoms with Crippen molar-refractivity contribution in [2.45, 2.75) is 18.8 Å².